The van der Waals surface area contributed by atoms with Crippen molar-refractivity contribution in [3.63, 3.8) is 0 Å². The Morgan fingerprint density at radius 2 is 1.90 bits per heavy atom. The van der Waals surface area contributed by atoms with Gasteiger partial charge in [0.05, 0.1) is 18.5 Å². The summed E-state index contributed by atoms with van der Waals surface area (Å²) < 4.78 is 48.9. The molecule has 0 amide bonds. The number of halogens is 2. The second-order valence-corrected chi connectivity index (χ2v) is 13.3. The Labute approximate surface area is 240 Å². The largest absolute Gasteiger partial charge is 0.395 e. The van der Waals surface area contributed by atoms with Gasteiger partial charge in [0.1, 0.15) is 36.2 Å². The summed E-state index contributed by atoms with van der Waals surface area (Å²) in [6.07, 6.45) is -9.01. The number of hydrogen-bond acceptors (Lipinski definition) is 17. The van der Waals surface area contributed by atoms with E-state index in [1.54, 1.807) is 0 Å². The molecule has 0 spiro atoms. The van der Waals surface area contributed by atoms with E-state index in [9.17, 15) is 19.9 Å². The number of alkyl halides is 2. The highest BCUT2D eigenvalue weighted by Gasteiger charge is 2.51. The van der Waals surface area contributed by atoms with Gasteiger partial charge in [-0.1, -0.05) is 10.4 Å². The van der Waals surface area contributed by atoms with E-state index in [0.717, 1.165) is 27.5 Å². The fraction of sp³-hybridized carbons (Fsp3) is 0.556. The van der Waals surface area contributed by atoms with Gasteiger partial charge in [0, 0.05) is 0 Å². The molecule has 19 nitrogen and oxygen atoms in total. The summed E-state index contributed by atoms with van der Waals surface area (Å²) in [6, 6.07) is 0. The van der Waals surface area contributed by atoms with Gasteiger partial charge in [-0.25, -0.2) is 23.4 Å². The van der Waals surface area contributed by atoms with Crippen molar-refractivity contribution < 1.29 is 37.7 Å². The number of nitrogens with zero attached hydrogens (tertiary/aromatic N) is 9. The molecule has 2 aliphatic rings. The lowest BCUT2D eigenvalue weighted by molar-refractivity contribution is -0.0511. The van der Waals surface area contributed by atoms with Crippen molar-refractivity contribution in [1.82, 2.24) is 49.9 Å². The maximum Gasteiger partial charge on any atom is 0.325 e. The summed E-state index contributed by atoms with van der Waals surface area (Å²) in [5.41, 5.74) is 10.5. The van der Waals surface area contributed by atoms with Crippen LogP contribution in [-0.4, -0.2) is 114 Å². The van der Waals surface area contributed by atoms with Crippen molar-refractivity contribution in [2.24, 2.45) is 0 Å². The number of aromatic amines is 1. The van der Waals surface area contributed by atoms with Gasteiger partial charge in [-0.15, -0.1) is 22.0 Å². The van der Waals surface area contributed by atoms with E-state index < -0.39 is 73.0 Å². The molecule has 4 aromatic rings. The molecular weight excluding hydrogens is 629 g/mol. The topological polar surface area (TPSA) is 273 Å². The Morgan fingerprint density at radius 1 is 1.17 bits per heavy atom. The minimum atomic E-state index is -4.32. The van der Waals surface area contributed by atoms with Crippen molar-refractivity contribution >= 4 is 64.4 Å². The summed E-state index contributed by atoms with van der Waals surface area (Å²) in [4.78, 5) is 37.0. The highest BCUT2D eigenvalue weighted by molar-refractivity contribution is 8.07. The predicted molar refractivity (Wildman–Crippen MR) is 142 cm³/mol. The molecule has 0 aliphatic carbocycles. The van der Waals surface area contributed by atoms with Gasteiger partial charge in [-0.3, -0.25) is 14.3 Å². The summed E-state index contributed by atoms with van der Waals surface area (Å²) in [5.74, 6) is -0.252. The number of aromatic nitrogens is 10. The number of hydrogen-bond donors (Lipinski definition) is 6. The quantitative estimate of drug-likeness (QED) is 0.113. The Hall–Kier alpha value is -3.02. The Balaban J connectivity index is 1.19. The number of nitrogen functional groups attached to an aromatic ring is 2. The van der Waals surface area contributed by atoms with Gasteiger partial charge < -0.3 is 35.8 Å². The monoisotopic (exact) mass is 650 g/mol. The molecule has 6 heterocycles. The third kappa shape index (κ3) is 4.99. The Kier molecular flexibility index (Phi) is 7.55. The van der Waals surface area contributed by atoms with Crippen molar-refractivity contribution in [2.45, 2.75) is 47.5 Å². The lowest BCUT2D eigenvalue weighted by atomic mass is 10.1. The minimum absolute atomic E-state index is 0.00105. The number of nitrogens with two attached hydrogens (primary N) is 2. The molecule has 6 rings (SSSR count). The zero-order chi connectivity index (χ0) is 29.9. The Bertz CT molecular complexity index is 1750. The average molecular weight is 651 g/mol. The molecule has 2 saturated heterocycles. The molecule has 8 N–H and O–H groups in total. The molecule has 1 unspecified atom stereocenters. The first-order chi connectivity index (χ1) is 20.0. The lowest BCUT2D eigenvalue weighted by Gasteiger charge is -2.26. The van der Waals surface area contributed by atoms with E-state index in [1.165, 1.54) is 0 Å². The maximum atomic E-state index is 15.4. The first kappa shape index (κ1) is 29.1. The van der Waals surface area contributed by atoms with Crippen LogP contribution >= 0.6 is 18.5 Å². The van der Waals surface area contributed by atoms with Crippen molar-refractivity contribution in [3.05, 3.63) is 16.7 Å². The number of aliphatic hydroxyl groups is 2. The molecule has 0 radical (unpaired) electrons. The molecule has 24 heteroatoms. The van der Waals surface area contributed by atoms with Crippen molar-refractivity contribution in [3.8, 4) is 0 Å². The van der Waals surface area contributed by atoms with Crippen LogP contribution in [0.3, 0.4) is 0 Å². The molecule has 2 aliphatic heterocycles. The zero-order valence-electron chi connectivity index (χ0n) is 20.8. The number of fused-ring (bicyclic) bond motifs is 2. The molecule has 9 atom stereocenters. The van der Waals surface area contributed by atoms with Gasteiger partial charge in [0.15, 0.2) is 40.5 Å². The van der Waals surface area contributed by atoms with Crippen molar-refractivity contribution in [1.29, 1.82) is 0 Å². The second kappa shape index (κ2) is 10.9. The minimum Gasteiger partial charge on any atom is -0.395 e. The van der Waals surface area contributed by atoms with Crippen LogP contribution in [0, 0.1) is 0 Å². The fourth-order valence-electron chi connectivity index (χ4n) is 4.52. The Morgan fingerprint density at radius 3 is 2.67 bits per heavy atom. The van der Waals surface area contributed by atoms with E-state index in [-0.39, 0.29) is 34.1 Å². The van der Waals surface area contributed by atoms with Crippen LogP contribution in [0.4, 0.5) is 20.5 Å². The zero-order valence-corrected chi connectivity index (χ0v) is 23.3. The number of ether oxygens (including phenoxy) is 1. The lowest BCUT2D eigenvalue weighted by Crippen LogP contribution is -2.33. The fourth-order valence-corrected chi connectivity index (χ4v) is 7.39. The van der Waals surface area contributed by atoms with Gasteiger partial charge in [-0.2, -0.15) is 9.67 Å². The molecular formula is C18H21F2N12O7PS2. The number of rotatable bonds is 8. The van der Waals surface area contributed by atoms with E-state index in [1.807, 2.05) is 0 Å². The van der Waals surface area contributed by atoms with E-state index in [4.69, 9.17) is 37.1 Å². The number of anilines is 2. The molecule has 0 aromatic carbocycles. The number of H-pyrrole nitrogens is 1. The highest BCUT2D eigenvalue weighted by Crippen LogP contribution is 2.54. The summed E-state index contributed by atoms with van der Waals surface area (Å²) >= 11 is 5.95. The van der Waals surface area contributed by atoms with Crippen LogP contribution in [0.15, 0.2) is 11.1 Å². The van der Waals surface area contributed by atoms with Gasteiger partial charge in [0.2, 0.25) is 5.95 Å². The standard InChI is InChI=1S/C18H21F2N12O7PS2/c19-6-5(1-33)42-17(32-14-9(28-30-32)15(35)26-18(22)25-14)11(6)39-40(36,41)37-2-4-10(34)7(20)16(38-4)31-13-8(27-29-31)12(21)23-3-24-13/h3-7,10-11,16-17,33-34H,1-2H2,(H,36,41)(H2,21,23,24)(H3,22,25,26,35)/t4-,5-,6-,7+,10-,11-,16-,17-,40?/m1/s1. The molecule has 4 aromatic heterocycles. The van der Waals surface area contributed by atoms with Gasteiger partial charge in [-0.05, 0) is 11.8 Å². The van der Waals surface area contributed by atoms with Crippen LogP contribution < -0.4 is 17.0 Å². The molecule has 42 heavy (non-hydrogen) atoms. The van der Waals surface area contributed by atoms with Crippen LogP contribution in [0.25, 0.3) is 22.3 Å². The van der Waals surface area contributed by atoms with E-state index in [2.05, 4.69) is 40.6 Å². The second-order valence-electron chi connectivity index (χ2n) is 9.15. The molecule has 2 fully saturated rings. The smallest absolute Gasteiger partial charge is 0.325 e. The number of nitrogens with one attached hydrogen (secondary N) is 1. The first-order valence-corrected chi connectivity index (χ1v) is 15.5. The predicted octanol–water partition coefficient (Wildman–Crippen LogP) is -1.93. The number of aliphatic hydroxyl groups excluding tert-OH is 2. The summed E-state index contributed by atoms with van der Waals surface area (Å²) in [5, 5.41) is 33.2. The van der Waals surface area contributed by atoms with Crippen LogP contribution in [-0.2, 0) is 25.6 Å². The highest BCUT2D eigenvalue weighted by atomic mass is 32.5. The molecule has 0 bridgehead atoms. The summed E-state index contributed by atoms with van der Waals surface area (Å²) in [7, 11) is 0. The molecule has 226 valence electrons. The first-order valence-electron chi connectivity index (χ1n) is 11.9. The van der Waals surface area contributed by atoms with Crippen molar-refractivity contribution in [2.75, 3.05) is 24.7 Å². The maximum absolute atomic E-state index is 15.4. The summed E-state index contributed by atoms with van der Waals surface area (Å²) in [6.45, 7) is -5.60. The van der Waals surface area contributed by atoms with Crippen LogP contribution in [0.2, 0.25) is 0 Å². The van der Waals surface area contributed by atoms with E-state index >= 15 is 8.78 Å². The average Bonchev–Trinajstić information content (AvgIpc) is 3.69. The SMILES string of the molecule is Nc1nc2c(nnn2[C@@H]2S[C@H](CO)[C@@H](F)[C@H]2OP(O)(=S)OC[C@H]2O[C@@H](n3nnc4c(N)ncnc43)[C@@H](F)[C@@H]2O)c(=O)[nH]1. The third-order valence-corrected chi connectivity index (χ3v) is 9.58. The van der Waals surface area contributed by atoms with Crippen LogP contribution in [0.1, 0.15) is 11.6 Å². The molecule has 0 saturated carbocycles. The van der Waals surface area contributed by atoms with Crippen LogP contribution in [0.5, 0.6) is 0 Å². The third-order valence-electron chi connectivity index (χ3n) is 6.52. The van der Waals surface area contributed by atoms with Gasteiger partial charge >= 0.3 is 6.72 Å². The normalized spacial score (nSPS) is 31.3. The van der Waals surface area contributed by atoms with E-state index in [0.29, 0.717) is 0 Å². The van der Waals surface area contributed by atoms with Gasteiger partial charge in [0.25, 0.3) is 5.56 Å². The number of thioether (sulfide) groups is 1.